The van der Waals surface area contributed by atoms with E-state index in [0.717, 1.165) is 25.6 Å². The van der Waals surface area contributed by atoms with E-state index in [9.17, 15) is 0 Å². The van der Waals surface area contributed by atoms with Crippen LogP contribution in [0.15, 0.2) is 0 Å². The van der Waals surface area contributed by atoms with Crippen molar-refractivity contribution in [3.05, 3.63) is 0 Å². The molecular formula is C11H24N2O. The van der Waals surface area contributed by atoms with E-state index in [2.05, 4.69) is 24.1 Å². The molecule has 1 aliphatic heterocycles. The van der Waals surface area contributed by atoms with Gasteiger partial charge in [0.15, 0.2) is 0 Å². The fraction of sp³-hybridized carbons (Fsp3) is 1.00. The molecule has 1 rings (SSSR count). The molecule has 0 saturated carbocycles. The van der Waals surface area contributed by atoms with Crippen molar-refractivity contribution in [1.82, 2.24) is 10.2 Å². The highest BCUT2D eigenvalue weighted by Crippen LogP contribution is 2.08. The Morgan fingerprint density at radius 3 is 2.93 bits per heavy atom. The zero-order valence-electron chi connectivity index (χ0n) is 9.75. The summed E-state index contributed by atoms with van der Waals surface area (Å²) < 4.78 is 5.12. The molecule has 0 bridgehead atoms. The maximum absolute atomic E-state index is 5.12. The maximum Gasteiger partial charge on any atom is 0.0589 e. The zero-order chi connectivity index (χ0) is 10.4. The second-order valence-corrected chi connectivity index (χ2v) is 4.45. The summed E-state index contributed by atoms with van der Waals surface area (Å²) in [7, 11) is 1.77. The first kappa shape index (κ1) is 12.0. The Morgan fingerprint density at radius 1 is 1.50 bits per heavy atom. The van der Waals surface area contributed by atoms with Crippen LogP contribution >= 0.6 is 0 Å². The molecule has 1 aliphatic rings. The fourth-order valence-corrected chi connectivity index (χ4v) is 1.89. The summed E-state index contributed by atoms with van der Waals surface area (Å²) in [4.78, 5) is 2.51. The van der Waals surface area contributed by atoms with Crippen LogP contribution < -0.4 is 5.32 Å². The van der Waals surface area contributed by atoms with Gasteiger partial charge in [0.25, 0.3) is 0 Å². The van der Waals surface area contributed by atoms with Crippen molar-refractivity contribution in [2.45, 2.75) is 26.3 Å². The normalized spacial score (nSPS) is 25.3. The third-order valence-electron chi connectivity index (χ3n) is 2.93. The predicted octanol–water partition coefficient (Wildman–Crippen LogP) is 0.953. The Balaban J connectivity index is 2.35. The fourth-order valence-electron chi connectivity index (χ4n) is 1.89. The smallest absolute Gasteiger partial charge is 0.0589 e. The molecule has 1 saturated heterocycles. The lowest BCUT2D eigenvalue weighted by Gasteiger charge is -2.26. The van der Waals surface area contributed by atoms with E-state index in [-0.39, 0.29) is 0 Å². The molecule has 0 radical (unpaired) electrons. The van der Waals surface area contributed by atoms with E-state index in [4.69, 9.17) is 4.74 Å². The molecule has 1 unspecified atom stereocenters. The Bertz CT molecular complexity index is 150. The minimum absolute atomic E-state index is 0.648. The molecule has 14 heavy (non-hydrogen) atoms. The highest BCUT2D eigenvalue weighted by molar-refractivity contribution is 4.78. The summed E-state index contributed by atoms with van der Waals surface area (Å²) in [6, 6.07) is 0.648. The van der Waals surface area contributed by atoms with Gasteiger partial charge in [-0.2, -0.15) is 0 Å². The van der Waals surface area contributed by atoms with Gasteiger partial charge in [-0.05, 0) is 25.4 Å². The molecule has 0 spiro atoms. The van der Waals surface area contributed by atoms with E-state index in [1.165, 1.54) is 19.5 Å². The molecule has 1 atom stereocenters. The van der Waals surface area contributed by atoms with E-state index >= 15 is 0 Å². The van der Waals surface area contributed by atoms with Crippen LogP contribution in [0.2, 0.25) is 0 Å². The first-order chi connectivity index (χ1) is 6.74. The number of hydrogen-bond donors (Lipinski definition) is 1. The van der Waals surface area contributed by atoms with Gasteiger partial charge in [-0.25, -0.2) is 0 Å². The number of nitrogens with one attached hydrogen (secondary N) is 1. The van der Waals surface area contributed by atoms with Crippen LogP contribution in [0.3, 0.4) is 0 Å². The summed E-state index contributed by atoms with van der Waals surface area (Å²) in [5, 5.41) is 3.60. The minimum Gasteiger partial charge on any atom is -0.383 e. The van der Waals surface area contributed by atoms with Crippen LogP contribution in [0.5, 0.6) is 0 Å². The monoisotopic (exact) mass is 200 g/mol. The highest BCUT2D eigenvalue weighted by Gasteiger charge is 2.19. The van der Waals surface area contributed by atoms with Crippen LogP contribution in [0.4, 0.5) is 0 Å². The minimum atomic E-state index is 0.648. The average Bonchev–Trinajstić information content (AvgIpc) is 2.39. The van der Waals surface area contributed by atoms with Crippen LogP contribution in [0.25, 0.3) is 0 Å². The van der Waals surface area contributed by atoms with E-state index in [1.807, 2.05) is 0 Å². The Kier molecular flexibility index (Phi) is 5.45. The summed E-state index contributed by atoms with van der Waals surface area (Å²) in [6.45, 7) is 10.0. The van der Waals surface area contributed by atoms with Gasteiger partial charge in [-0.3, -0.25) is 4.90 Å². The zero-order valence-corrected chi connectivity index (χ0v) is 9.75. The summed E-state index contributed by atoms with van der Waals surface area (Å²) in [6.07, 6.45) is 1.26. The van der Waals surface area contributed by atoms with Gasteiger partial charge in [-0.15, -0.1) is 0 Å². The van der Waals surface area contributed by atoms with Gasteiger partial charge in [0.05, 0.1) is 6.61 Å². The van der Waals surface area contributed by atoms with Crippen LogP contribution in [0.1, 0.15) is 20.3 Å². The molecule has 0 aromatic heterocycles. The molecule has 1 fully saturated rings. The molecule has 0 aromatic carbocycles. The number of hydrogen-bond acceptors (Lipinski definition) is 3. The van der Waals surface area contributed by atoms with Crippen molar-refractivity contribution in [1.29, 1.82) is 0 Å². The van der Waals surface area contributed by atoms with Crippen molar-refractivity contribution < 1.29 is 4.74 Å². The van der Waals surface area contributed by atoms with Crippen LogP contribution in [0, 0.1) is 5.92 Å². The molecule has 3 nitrogen and oxygen atoms in total. The van der Waals surface area contributed by atoms with Crippen LogP contribution in [-0.2, 0) is 4.74 Å². The van der Waals surface area contributed by atoms with Crippen molar-refractivity contribution in [3.8, 4) is 0 Å². The third-order valence-corrected chi connectivity index (χ3v) is 2.93. The van der Waals surface area contributed by atoms with E-state index in [0.29, 0.717) is 6.04 Å². The molecular weight excluding hydrogens is 176 g/mol. The van der Waals surface area contributed by atoms with Gasteiger partial charge >= 0.3 is 0 Å². The topological polar surface area (TPSA) is 24.5 Å². The van der Waals surface area contributed by atoms with Crippen molar-refractivity contribution in [2.24, 2.45) is 5.92 Å². The largest absolute Gasteiger partial charge is 0.383 e. The standard InChI is InChI=1S/C11H24N2O/c1-10(2)11-9-13(7-8-14-3)6-4-5-12-11/h10-12H,4-9H2,1-3H3. The quantitative estimate of drug-likeness (QED) is 0.731. The van der Waals surface area contributed by atoms with Gasteiger partial charge in [0, 0.05) is 26.2 Å². The van der Waals surface area contributed by atoms with E-state index < -0.39 is 0 Å². The molecule has 1 N–H and O–H groups in total. The summed E-state index contributed by atoms with van der Waals surface area (Å²) in [5.74, 6) is 0.721. The lowest BCUT2D eigenvalue weighted by atomic mass is 10.0. The molecule has 0 aromatic rings. The highest BCUT2D eigenvalue weighted by atomic mass is 16.5. The molecule has 0 aliphatic carbocycles. The number of ether oxygens (including phenoxy) is 1. The first-order valence-electron chi connectivity index (χ1n) is 5.68. The van der Waals surface area contributed by atoms with Gasteiger partial charge in [0.1, 0.15) is 0 Å². The SMILES string of the molecule is COCCN1CCCNC(C(C)C)C1. The first-order valence-corrected chi connectivity index (χ1v) is 5.68. The van der Waals surface area contributed by atoms with Gasteiger partial charge < -0.3 is 10.1 Å². The Labute approximate surface area is 87.8 Å². The molecule has 0 amide bonds. The van der Waals surface area contributed by atoms with Gasteiger partial charge in [0.2, 0.25) is 0 Å². The number of nitrogens with zero attached hydrogens (tertiary/aromatic N) is 1. The second kappa shape index (κ2) is 6.38. The second-order valence-electron chi connectivity index (χ2n) is 4.45. The van der Waals surface area contributed by atoms with Crippen molar-refractivity contribution in [3.63, 3.8) is 0 Å². The Hall–Kier alpha value is -0.120. The predicted molar refractivity (Wildman–Crippen MR) is 59.6 cm³/mol. The number of rotatable bonds is 4. The lowest BCUT2D eigenvalue weighted by Crippen LogP contribution is -2.42. The molecule has 84 valence electrons. The summed E-state index contributed by atoms with van der Waals surface area (Å²) in [5.41, 5.74) is 0. The van der Waals surface area contributed by atoms with Crippen LogP contribution in [-0.4, -0.2) is 50.8 Å². The van der Waals surface area contributed by atoms with Gasteiger partial charge in [-0.1, -0.05) is 13.8 Å². The third kappa shape index (κ3) is 3.95. The average molecular weight is 200 g/mol. The number of methoxy groups -OCH3 is 1. The van der Waals surface area contributed by atoms with Crippen molar-refractivity contribution in [2.75, 3.05) is 39.9 Å². The van der Waals surface area contributed by atoms with E-state index in [1.54, 1.807) is 7.11 Å². The molecule has 1 heterocycles. The molecule has 3 heteroatoms. The maximum atomic E-state index is 5.12. The lowest BCUT2D eigenvalue weighted by molar-refractivity contribution is 0.143. The Morgan fingerprint density at radius 2 is 2.29 bits per heavy atom. The van der Waals surface area contributed by atoms with Crippen molar-refractivity contribution >= 4 is 0 Å². The summed E-state index contributed by atoms with van der Waals surface area (Å²) >= 11 is 0.